The topological polar surface area (TPSA) is 111 Å². The summed E-state index contributed by atoms with van der Waals surface area (Å²) in [4.78, 5) is 16.1. The maximum atomic E-state index is 12.0. The van der Waals surface area contributed by atoms with Crippen LogP contribution in [-0.4, -0.2) is 25.7 Å². The number of aryl methyl sites for hydroxylation is 2. The average Bonchev–Trinajstić information content (AvgIpc) is 2.81. The molecule has 0 atom stereocenters. The van der Waals surface area contributed by atoms with E-state index in [0.29, 0.717) is 17.1 Å². The molecule has 0 bridgehead atoms. The number of nitrogens with one attached hydrogen (secondary N) is 2. The van der Waals surface area contributed by atoms with Crippen LogP contribution in [0.5, 0.6) is 0 Å². The second-order valence-corrected chi connectivity index (χ2v) is 4.06. The Balaban J connectivity index is 2.10. The van der Waals surface area contributed by atoms with Gasteiger partial charge in [-0.1, -0.05) is 0 Å². The fourth-order valence-electron chi connectivity index (χ4n) is 1.58. The van der Waals surface area contributed by atoms with Crippen LogP contribution in [0.15, 0.2) is 18.6 Å². The first-order valence-electron chi connectivity index (χ1n) is 5.66. The van der Waals surface area contributed by atoms with Crippen molar-refractivity contribution in [3.63, 3.8) is 0 Å². The summed E-state index contributed by atoms with van der Waals surface area (Å²) in [5.74, 6) is 5.78. The molecule has 0 aliphatic carbocycles. The van der Waals surface area contributed by atoms with Gasteiger partial charge in [0.05, 0.1) is 17.8 Å². The van der Waals surface area contributed by atoms with Crippen molar-refractivity contribution in [1.29, 1.82) is 0 Å². The molecule has 0 aromatic carbocycles. The zero-order chi connectivity index (χ0) is 13.8. The number of aromatic nitrogens is 4. The molecule has 100 valence electrons. The highest BCUT2D eigenvalue weighted by atomic mass is 16.1. The molecule has 8 nitrogen and oxygen atoms in total. The van der Waals surface area contributed by atoms with E-state index in [1.165, 1.54) is 6.20 Å². The molecule has 0 aliphatic rings. The van der Waals surface area contributed by atoms with Crippen LogP contribution in [0.1, 0.15) is 21.9 Å². The molecule has 0 fully saturated rings. The van der Waals surface area contributed by atoms with E-state index < -0.39 is 0 Å². The van der Waals surface area contributed by atoms with E-state index in [4.69, 9.17) is 5.84 Å². The van der Waals surface area contributed by atoms with Crippen molar-refractivity contribution >= 4 is 11.6 Å². The van der Waals surface area contributed by atoms with Crippen LogP contribution in [0.2, 0.25) is 0 Å². The Morgan fingerprint density at radius 1 is 1.53 bits per heavy atom. The van der Waals surface area contributed by atoms with Crippen molar-refractivity contribution < 1.29 is 4.79 Å². The van der Waals surface area contributed by atoms with Gasteiger partial charge in [-0.2, -0.15) is 0 Å². The van der Waals surface area contributed by atoms with Gasteiger partial charge in [0, 0.05) is 18.9 Å². The maximum Gasteiger partial charge on any atom is 0.255 e. The Labute approximate surface area is 110 Å². The Hall–Kier alpha value is -2.48. The summed E-state index contributed by atoms with van der Waals surface area (Å²) in [6.45, 7) is 2.11. The van der Waals surface area contributed by atoms with Crippen LogP contribution in [0.3, 0.4) is 0 Å². The molecule has 4 N–H and O–H groups in total. The standard InChI is InChI=1S/C11H15N7O/c1-7-3-9(16-12)8(4-13-7)11(19)14-5-10-17-15-6-18(10)2/h3-4,6H,5,12H2,1-2H3,(H,13,16)(H,14,19). The number of nitrogen functional groups attached to an aromatic ring is 1. The first kappa shape index (κ1) is 13.0. The minimum atomic E-state index is -0.275. The SMILES string of the molecule is Cc1cc(NN)c(C(=O)NCc2nncn2C)cn1. The summed E-state index contributed by atoms with van der Waals surface area (Å²) < 4.78 is 1.73. The van der Waals surface area contributed by atoms with E-state index in [0.717, 1.165) is 5.69 Å². The second kappa shape index (κ2) is 5.44. The number of hydrazine groups is 1. The van der Waals surface area contributed by atoms with Crippen molar-refractivity contribution in [3.05, 3.63) is 35.7 Å². The number of nitrogens with two attached hydrogens (primary N) is 1. The molecule has 0 spiro atoms. The number of hydrogen-bond acceptors (Lipinski definition) is 6. The van der Waals surface area contributed by atoms with E-state index in [1.807, 2.05) is 14.0 Å². The molecule has 2 rings (SSSR count). The summed E-state index contributed by atoms with van der Waals surface area (Å²) in [6.07, 6.45) is 3.05. The molecule has 1 amide bonds. The van der Waals surface area contributed by atoms with E-state index in [2.05, 4.69) is 25.9 Å². The molecule has 19 heavy (non-hydrogen) atoms. The van der Waals surface area contributed by atoms with Gasteiger partial charge in [0.2, 0.25) is 0 Å². The lowest BCUT2D eigenvalue weighted by molar-refractivity contribution is 0.0950. The summed E-state index contributed by atoms with van der Waals surface area (Å²) in [5.41, 5.74) is 4.18. The predicted molar refractivity (Wildman–Crippen MR) is 69.0 cm³/mol. The first-order chi connectivity index (χ1) is 9.11. The third kappa shape index (κ3) is 2.86. The summed E-state index contributed by atoms with van der Waals surface area (Å²) in [6, 6.07) is 1.71. The fraction of sp³-hybridized carbons (Fsp3) is 0.273. The third-order valence-electron chi connectivity index (χ3n) is 2.65. The number of carbonyl (C=O) groups excluding carboxylic acids is 1. The fourth-order valence-corrected chi connectivity index (χ4v) is 1.58. The maximum absolute atomic E-state index is 12.0. The van der Waals surface area contributed by atoms with Crippen LogP contribution < -0.4 is 16.6 Å². The molecular weight excluding hydrogens is 246 g/mol. The van der Waals surface area contributed by atoms with Crippen LogP contribution >= 0.6 is 0 Å². The molecule has 8 heteroatoms. The lowest BCUT2D eigenvalue weighted by Gasteiger charge is -2.09. The number of nitrogens with zero attached hydrogens (tertiary/aromatic N) is 4. The molecule has 0 unspecified atom stereocenters. The molecule has 0 saturated carbocycles. The van der Waals surface area contributed by atoms with E-state index in [1.54, 1.807) is 17.0 Å². The van der Waals surface area contributed by atoms with Gasteiger partial charge in [-0.25, -0.2) is 0 Å². The summed E-state index contributed by atoms with van der Waals surface area (Å²) >= 11 is 0. The normalized spacial score (nSPS) is 10.3. The van der Waals surface area contributed by atoms with Gasteiger partial charge < -0.3 is 15.3 Å². The lowest BCUT2D eigenvalue weighted by Crippen LogP contribution is -2.26. The highest BCUT2D eigenvalue weighted by Crippen LogP contribution is 2.14. The first-order valence-corrected chi connectivity index (χ1v) is 5.66. The van der Waals surface area contributed by atoms with Gasteiger partial charge in [-0.3, -0.25) is 15.6 Å². The lowest BCUT2D eigenvalue weighted by atomic mass is 10.2. The number of rotatable bonds is 4. The van der Waals surface area contributed by atoms with Gasteiger partial charge >= 0.3 is 0 Å². The van der Waals surface area contributed by atoms with E-state index >= 15 is 0 Å². The van der Waals surface area contributed by atoms with Gasteiger partial charge in [-0.15, -0.1) is 10.2 Å². The molecule has 0 radical (unpaired) electrons. The smallest absolute Gasteiger partial charge is 0.255 e. The van der Waals surface area contributed by atoms with Crippen molar-refractivity contribution in [2.75, 3.05) is 5.43 Å². The second-order valence-electron chi connectivity index (χ2n) is 4.06. The van der Waals surface area contributed by atoms with Gasteiger partial charge in [-0.05, 0) is 13.0 Å². The number of anilines is 1. The van der Waals surface area contributed by atoms with Crippen molar-refractivity contribution in [2.45, 2.75) is 13.5 Å². The largest absolute Gasteiger partial charge is 0.345 e. The monoisotopic (exact) mass is 261 g/mol. The van der Waals surface area contributed by atoms with Crippen molar-refractivity contribution in [2.24, 2.45) is 12.9 Å². The van der Waals surface area contributed by atoms with Crippen molar-refractivity contribution in [1.82, 2.24) is 25.1 Å². The van der Waals surface area contributed by atoms with Crippen molar-refractivity contribution in [3.8, 4) is 0 Å². The van der Waals surface area contributed by atoms with E-state index in [-0.39, 0.29) is 12.5 Å². The van der Waals surface area contributed by atoms with Gasteiger partial charge in [0.1, 0.15) is 6.33 Å². The number of pyridine rings is 1. The van der Waals surface area contributed by atoms with Gasteiger partial charge in [0.15, 0.2) is 5.82 Å². The number of amides is 1. The zero-order valence-electron chi connectivity index (χ0n) is 10.7. The summed E-state index contributed by atoms with van der Waals surface area (Å²) in [5, 5.41) is 10.4. The third-order valence-corrected chi connectivity index (χ3v) is 2.65. The Morgan fingerprint density at radius 3 is 2.95 bits per heavy atom. The molecule has 2 heterocycles. The summed E-state index contributed by atoms with van der Waals surface area (Å²) in [7, 11) is 1.81. The number of carbonyl (C=O) groups is 1. The molecule has 0 aliphatic heterocycles. The predicted octanol–water partition coefficient (Wildman–Crippen LogP) is -0.266. The quantitative estimate of drug-likeness (QED) is 0.516. The number of hydrogen-bond donors (Lipinski definition) is 3. The minimum absolute atomic E-state index is 0.275. The average molecular weight is 261 g/mol. The highest BCUT2D eigenvalue weighted by molar-refractivity contribution is 5.99. The Kier molecular flexibility index (Phi) is 3.71. The minimum Gasteiger partial charge on any atom is -0.345 e. The van der Waals surface area contributed by atoms with Crippen LogP contribution in [-0.2, 0) is 13.6 Å². The van der Waals surface area contributed by atoms with Gasteiger partial charge in [0.25, 0.3) is 5.91 Å². The Bertz CT molecular complexity index is 592. The molecular formula is C11H15N7O. The van der Waals surface area contributed by atoms with E-state index in [9.17, 15) is 4.79 Å². The molecule has 2 aromatic rings. The van der Waals surface area contributed by atoms with Crippen LogP contribution in [0.4, 0.5) is 5.69 Å². The van der Waals surface area contributed by atoms with Crippen LogP contribution in [0.25, 0.3) is 0 Å². The van der Waals surface area contributed by atoms with Crippen LogP contribution in [0, 0.1) is 6.92 Å². The Morgan fingerprint density at radius 2 is 2.32 bits per heavy atom. The molecule has 2 aromatic heterocycles. The molecule has 0 saturated heterocycles. The highest BCUT2D eigenvalue weighted by Gasteiger charge is 2.12. The zero-order valence-corrected chi connectivity index (χ0v) is 10.7.